The first-order valence-corrected chi connectivity index (χ1v) is 6.91. The van der Waals surface area contributed by atoms with Crippen LogP contribution < -0.4 is 11.1 Å². The molecule has 4 unspecified atom stereocenters. The van der Waals surface area contributed by atoms with Crippen molar-refractivity contribution in [3.63, 3.8) is 0 Å². The lowest BCUT2D eigenvalue weighted by atomic mass is 9.72. The van der Waals surface area contributed by atoms with Crippen molar-refractivity contribution in [2.24, 2.45) is 11.7 Å². The van der Waals surface area contributed by atoms with Gasteiger partial charge in [-0.15, -0.1) is 0 Å². The number of nitrogens with zero attached hydrogens (tertiary/aromatic N) is 2. The standard InChI is InChI=1S/C11H18N4OS/c1-5(2)10-14-11(17-15-10)13-8-7(12)6-3-4-16-9(6)8/h5-9H,3-4,12H2,1-2H3,(H,13,14,15). The summed E-state index contributed by atoms with van der Waals surface area (Å²) in [7, 11) is 0. The van der Waals surface area contributed by atoms with Gasteiger partial charge in [0.05, 0.1) is 12.1 Å². The predicted octanol–water partition coefficient (Wildman–Crippen LogP) is 1.19. The summed E-state index contributed by atoms with van der Waals surface area (Å²) in [6.45, 7) is 5.03. The van der Waals surface area contributed by atoms with Crippen LogP contribution in [0, 0.1) is 5.92 Å². The zero-order chi connectivity index (χ0) is 12.0. The fourth-order valence-electron chi connectivity index (χ4n) is 2.60. The number of anilines is 1. The van der Waals surface area contributed by atoms with Gasteiger partial charge in [0.1, 0.15) is 5.82 Å². The minimum absolute atomic E-state index is 0.189. The molecule has 6 heteroatoms. The molecule has 0 spiro atoms. The number of rotatable bonds is 3. The highest BCUT2D eigenvalue weighted by molar-refractivity contribution is 7.09. The molecule has 1 aliphatic heterocycles. The van der Waals surface area contributed by atoms with Crippen LogP contribution in [0.2, 0.25) is 0 Å². The van der Waals surface area contributed by atoms with Gasteiger partial charge in [0.15, 0.2) is 0 Å². The first-order valence-electron chi connectivity index (χ1n) is 6.14. The van der Waals surface area contributed by atoms with Crippen molar-refractivity contribution in [2.45, 2.75) is 44.4 Å². The molecule has 0 bridgehead atoms. The van der Waals surface area contributed by atoms with Crippen LogP contribution in [0.1, 0.15) is 32.0 Å². The van der Waals surface area contributed by atoms with Gasteiger partial charge in [0, 0.05) is 36.0 Å². The zero-order valence-electron chi connectivity index (χ0n) is 10.1. The second-order valence-electron chi connectivity index (χ2n) is 5.15. The molecular weight excluding hydrogens is 236 g/mol. The maximum Gasteiger partial charge on any atom is 0.202 e. The van der Waals surface area contributed by atoms with Gasteiger partial charge in [-0.2, -0.15) is 4.37 Å². The van der Waals surface area contributed by atoms with E-state index in [4.69, 9.17) is 10.5 Å². The molecule has 2 aliphatic rings. The van der Waals surface area contributed by atoms with Crippen LogP contribution in [-0.2, 0) is 4.74 Å². The van der Waals surface area contributed by atoms with Crippen molar-refractivity contribution < 1.29 is 4.74 Å². The SMILES string of the molecule is CC(C)c1nsc(NC2C(N)C3CCOC32)n1. The summed E-state index contributed by atoms with van der Waals surface area (Å²) in [5, 5.41) is 4.23. The largest absolute Gasteiger partial charge is 0.376 e. The average molecular weight is 254 g/mol. The molecule has 2 fully saturated rings. The van der Waals surface area contributed by atoms with E-state index >= 15 is 0 Å². The highest BCUT2D eigenvalue weighted by atomic mass is 32.1. The smallest absolute Gasteiger partial charge is 0.202 e. The Balaban J connectivity index is 1.66. The highest BCUT2D eigenvalue weighted by Gasteiger charge is 2.52. The summed E-state index contributed by atoms with van der Waals surface area (Å²) in [5.74, 6) is 1.80. The number of nitrogens with one attached hydrogen (secondary N) is 1. The van der Waals surface area contributed by atoms with Crippen LogP contribution in [0.5, 0.6) is 0 Å². The van der Waals surface area contributed by atoms with E-state index in [1.165, 1.54) is 11.5 Å². The Hall–Kier alpha value is -0.720. The summed E-state index contributed by atoms with van der Waals surface area (Å²) in [5.41, 5.74) is 6.14. The molecule has 1 aromatic heterocycles. The third-order valence-electron chi connectivity index (χ3n) is 3.69. The zero-order valence-corrected chi connectivity index (χ0v) is 10.9. The normalized spacial score (nSPS) is 35.8. The minimum Gasteiger partial charge on any atom is -0.376 e. The first kappa shape index (κ1) is 11.4. The highest BCUT2D eigenvalue weighted by Crippen LogP contribution is 2.39. The van der Waals surface area contributed by atoms with Crippen molar-refractivity contribution in [3.05, 3.63) is 5.82 Å². The van der Waals surface area contributed by atoms with Crippen LogP contribution in [-0.4, -0.2) is 34.2 Å². The fraction of sp³-hybridized carbons (Fsp3) is 0.818. The number of aromatic nitrogens is 2. The molecule has 1 saturated heterocycles. The second-order valence-corrected chi connectivity index (χ2v) is 5.90. The van der Waals surface area contributed by atoms with Crippen LogP contribution in [0.4, 0.5) is 5.13 Å². The van der Waals surface area contributed by atoms with Gasteiger partial charge in [-0.25, -0.2) is 4.98 Å². The monoisotopic (exact) mass is 254 g/mol. The van der Waals surface area contributed by atoms with Crippen molar-refractivity contribution in [1.29, 1.82) is 0 Å². The fourth-order valence-corrected chi connectivity index (χ4v) is 3.35. The number of hydrogen-bond acceptors (Lipinski definition) is 6. The molecule has 3 rings (SSSR count). The van der Waals surface area contributed by atoms with E-state index in [2.05, 4.69) is 28.5 Å². The summed E-state index contributed by atoms with van der Waals surface area (Å²) in [4.78, 5) is 4.47. The van der Waals surface area contributed by atoms with Gasteiger partial charge in [-0.1, -0.05) is 13.8 Å². The van der Waals surface area contributed by atoms with E-state index in [0.29, 0.717) is 11.8 Å². The summed E-state index contributed by atoms with van der Waals surface area (Å²) >= 11 is 1.41. The van der Waals surface area contributed by atoms with Gasteiger partial charge >= 0.3 is 0 Å². The summed E-state index contributed by atoms with van der Waals surface area (Å²) < 4.78 is 10.00. The van der Waals surface area contributed by atoms with Crippen molar-refractivity contribution in [3.8, 4) is 0 Å². The Morgan fingerprint density at radius 1 is 1.53 bits per heavy atom. The third-order valence-corrected chi connectivity index (χ3v) is 4.36. The number of hydrogen-bond donors (Lipinski definition) is 2. The molecular formula is C11H18N4OS. The number of ether oxygens (including phenoxy) is 1. The molecule has 94 valence electrons. The van der Waals surface area contributed by atoms with E-state index < -0.39 is 0 Å². The Morgan fingerprint density at radius 2 is 2.35 bits per heavy atom. The quantitative estimate of drug-likeness (QED) is 0.847. The summed E-state index contributed by atoms with van der Waals surface area (Å²) in [6.07, 6.45) is 1.37. The van der Waals surface area contributed by atoms with E-state index in [1.54, 1.807) is 0 Å². The topological polar surface area (TPSA) is 73.1 Å². The Bertz CT molecular complexity index is 408. The van der Waals surface area contributed by atoms with Crippen LogP contribution in [0.15, 0.2) is 0 Å². The Kier molecular flexibility index (Phi) is 2.80. The van der Waals surface area contributed by atoms with Crippen molar-refractivity contribution >= 4 is 16.7 Å². The lowest BCUT2D eigenvalue weighted by Crippen LogP contribution is -2.65. The van der Waals surface area contributed by atoms with E-state index in [1.807, 2.05) is 0 Å². The second kappa shape index (κ2) is 4.19. The van der Waals surface area contributed by atoms with Gasteiger partial charge in [0.25, 0.3) is 0 Å². The minimum atomic E-state index is 0.189. The number of fused-ring (bicyclic) bond motifs is 1. The van der Waals surface area contributed by atoms with Crippen molar-refractivity contribution in [1.82, 2.24) is 9.36 Å². The molecule has 1 aliphatic carbocycles. The van der Waals surface area contributed by atoms with Gasteiger partial charge in [-0.05, 0) is 6.42 Å². The van der Waals surface area contributed by atoms with E-state index in [0.717, 1.165) is 24.0 Å². The molecule has 1 saturated carbocycles. The van der Waals surface area contributed by atoms with Gasteiger partial charge < -0.3 is 15.8 Å². The maximum absolute atomic E-state index is 6.14. The first-order chi connectivity index (χ1) is 8.16. The van der Waals surface area contributed by atoms with Gasteiger partial charge in [0.2, 0.25) is 5.13 Å². The molecule has 1 aromatic rings. The van der Waals surface area contributed by atoms with Crippen molar-refractivity contribution in [2.75, 3.05) is 11.9 Å². The van der Waals surface area contributed by atoms with Crippen LogP contribution in [0.25, 0.3) is 0 Å². The molecule has 3 N–H and O–H groups in total. The third kappa shape index (κ3) is 1.84. The molecule has 2 heterocycles. The van der Waals surface area contributed by atoms with E-state index in [9.17, 15) is 0 Å². The Labute approximate surface area is 105 Å². The average Bonchev–Trinajstić information content (AvgIpc) is 2.92. The van der Waals surface area contributed by atoms with Gasteiger partial charge in [-0.3, -0.25) is 0 Å². The lowest BCUT2D eigenvalue weighted by Gasteiger charge is -2.45. The predicted molar refractivity (Wildman–Crippen MR) is 67.2 cm³/mol. The molecule has 0 amide bonds. The van der Waals surface area contributed by atoms with E-state index in [-0.39, 0.29) is 18.2 Å². The molecule has 0 radical (unpaired) electrons. The lowest BCUT2D eigenvalue weighted by molar-refractivity contribution is 0.00537. The molecule has 4 atom stereocenters. The molecule has 17 heavy (non-hydrogen) atoms. The Morgan fingerprint density at radius 3 is 3.06 bits per heavy atom. The van der Waals surface area contributed by atoms with Crippen LogP contribution >= 0.6 is 11.5 Å². The number of nitrogens with two attached hydrogens (primary N) is 1. The summed E-state index contributed by atoms with van der Waals surface area (Å²) in [6, 6.07) is 0.393. The molecule has 5 nitrogen and oxygen atoms in total. The maximum atomic E-state index is 6.14. The molecule has 0 aromatic carbocycles. The van der Waals surface area contributed by atoms with Crippen LogP contribution in [0.3, 0.4) is 0 Å².